The second-order valence-corrected chi connectivity index (χ2v) is 5.42. The molecule has 1 aromatic rings. The number of benzene rings is 1. The third kappa shape index (κ3) is 2.36. The third-order valence-electron chi connectivity index (χ3n) is 2.00. The number of aryl methyl sites for hydroxylation is 1. The Bertz CT molecular complexity index is 449. The Hall–Kier alpha value is -0.800. The molecule has 0 saturated carbocycles. The minimum absolute atomic E-state index is 0.140. The topological polar surface area (TPSA) is 34.1 Å². The molecule has 4 heteroatoms. The zero-order chi connectivity index (χ0) is 10.8. The van der Waals surface area contributed by atoms with Gasteiger partial charge >= 0.3 is 0 Å². The summed E-state index contributed by atoms with van der Waals surface area (Å²) in [4.78, 5) is 0.140. The van der Waals surface area contributed by atoms with Crippen molar-refractivity contribution in [3.8, 4) is 0 Å². The van der Waals surface area contributed by atoms with Crippen LogP contribution in [0, 0.1) is 0 Å². The lowest BCUT2D eigenvalue weighted by Gasteiger charge is -2.04. The van der Waals surface area contributed by atoms with Gasteiger partial charge in [-0.05, 0) is 29.7 Å². The molecular formula is C10H11ClO2S. The Morgan fingerprint density at radius 1 is 1.50 bits per heavy atom. The van der Waals surface area contributed by atoms with Gasteiger partial charge in [-0.3, -0.25) is 0 Å². The lowest BCUT2D eigenvalue weighted by molar-refractivity contribution is 0.609. The van der Waals surface area contributed by atoms with E-state index in [9.17, 15) is 8.42 Å². The van der Waals surface area contributed by atoms with E-state index in [1.165, 1.54) is 6.07 Å². The molecule has 0 N–H and O–H groups in total. The summed E-state index contributed by atoms with van der Waals surface area (Å²) in [5.41, 5.74) is 1.87. The maximum atomic E-state index is 11.0. The van der Waals surface area contributed by atoms with Crippen LogP contribution in [-0.2, 0) is 15.5 Å². The highest BCUT2D eigenvalue weighted by Gasteiger charge is 2.10. The number of halogens is 1. The fraction of sp³-hybridized carbons (Fsp3) is 0.200. The van der Waals surface area contributed by atoms with Crippen molar-refractivity contribution in [1.29, 1.82) is 0 Å². The zero-order valence-corrected chi connectivity index (χ0v) is 9.40. The monoisotopic (exact) mass is 230 g/mol. The van der Waals surface area contributed by atoms with E-state index in [-0.39, 0.29) is 4.90 Å². The lowest BCUT2D eigenvalue weighted by atomic mass is 10.1. The van der Waals surface area contributed by atoms with Gasteiger partial charge in [0.05, 0.1) is 4.90 Å². The van der Waals surface area contributed by atoms with Gasteiger partial charge in [-0.2, -0.15) is 0 Å². The second kappa shape index (κ2) is 4.15. The van der Waals surface area contributed by atoms with Crippen LogP contribution in [0.2, 0.25) is 0 Å². The van der Waals surface area contributed by atoms with Gasteiger partial charge in [0.15, 0.2) is 0 Å². The van der Waals surface area contributed by atoms with Gasteiger partial charge < -0.3 is 0 Å². The number of hydrogen-bond acceptors (Lipinski definition) is 2. The molecule has 0 unspecified atom stereocenters. The standard InChI is InChI=1S/C10H11ClO2S/c1-3-8-5-6-10(14(11,12)13)7-9(8)4-2/h3,5-7H,1,4H2,2H3. The molecule has 14 heavy (non-hydrogen) atoms. The van der Waals surface area contributed by atoms with Crippen molar-refractivity contribution in [3.63, 3.8) is 0 Å². The maximum Gasteiger partial charge on any atom is 0.261 e. The Labute approximate surface area is 88.6 Å². The minimum Gasteiger partial charge on any atom is -0.207 e. The van der Waals surface area contributed by atoms with Crippen LogP contribution >= 0.6 is 10.7 Å². The largest absolute Gasteiger partial charge is 0.261 e. The molecule has 0 bridgehead atoms. The minimum atomic E-state index is -3.62. The predicted octanol–water partition coefficient (Wildman–Crippen LogP) is 2.82. The highest BCUT2D eigenvalue weighted by molar-refractivity contribution is 8.13. The van der Waals surface area contributed by atoms with Gasteiger partial charge in [-0.15, -0.1) is 0 Å². The molecule has 0 spiro atoms. The fourth-order valence-electron chi connectivity index (χ4n) is 1.24. The summed E-state index contributed by atoms with van der Waals surface area (Å²) >= 11 is 0. The molecule has 0 heterocycles. The average molecular weight is 231 g/mol. The highest BCUT2D eigenvalue weighted by Crippen LogP contribution is 2.20. The zero-order valence-electron chi connectivity index (χ0n) is 7.83. The maximum absolute atomic E-state index is 11.0. The van der Waals surface area contributed by atoms with Crippen LogP contribution in [0.25, 0.3) is 6.08 Å². The van der Waals surface area contributed by atoms with Gasteiger partial charge in [-0.1, -0.05) is 25.6 Å². The Morgan fingerprint density at radius 2 is 2.14 bits per heavy atom. The van der Waals surface area contributed by atoms with E-state index < -0.39 is 9.05 Å². The van der Waals surface area contributed by atoms with E-state index in [2.05, 4.69) is 6.58 Å². The number of hydrogen-bond donors (Lipinski definition) is 0. The summed E-state index contributed by atoms with van der Waals surface area (Å²) < 4.78 is 22.1. The smallest absolute Gasteiger partial charge is 0.207 e. The molecule has 0 aromatic heterocycles. The molecular weight excluding hydrogens is 220 g/mol. The SMILES string of the molecule is C=Cc1ccc(S(=O)(=O)Cl)cc1CC. The summed E-state index contributed by atoms with van der Waals surface area (Å²) in [6, 6.07) is 4.78. The number of rotatable bonds is 3. The molecule has 2 nitrogen and oxygen atoms in total. The summed E-state index contributed by atoms with van der Waals surface area (Å²) in [7, 11) is 1.61. The van der Waals surface area contributed by atoms with Crippen LogP contribution in [0.5, 0.6) is 0 Å². The molecule has 0 fully saturated rings. The summed E-state index contributed by atoms with van der Waals surface area (Å²) in [6.45, 7) is 5.60. The average Bonchev–Trinajstić information content (AvgIpc) is 2.15. The van der Waals surface area contributed by atoms with E-state index in [0.717, 1.165) is 17.5 Å². The van der Waals surface area contributed by atoms with Gasteiger partial charge in [-0.25, -0.2) is 8.42 Å². The van der Waals surface area contributed by atoms with Crippen LogP contribution in [0.3, 0.4) is 0 Å². The van der Waals surface area contributed by atoms with Gasteiger partial charge in [0.25, 0.3) is 9.05 Å². The van der Waals surface area contributed by atoms with Crippen LogP contribution in [0.1, 0.15) is 18.1 Å². The molecule has 0 saturated heterocycles. The van der Waals surface area contributed by atoms with Crippen molar-refractivity contribution in [2.75, 3.05) is 0 Å². The van der Waals surface area contributed by atoms with Crippen molar-refractivity contribution in [1.82, 2.24) is 0 Å². The van der Waals surface area contributed by atoms with Crippen molar-refractivity contribution in [2.45, 2.75) is 18.2 Å². The lowest BCUT2D eigenvalue weighted by Crippen LogP contribution is -1.94. The molecule has 0 aliphatic rings. The van der Waals surface area contributed by atoms with Crippen LogP contribution < -0.4 is 0 Å². The van der Waals surface area contributed by atoms with Crippen LogP contribution in [-0.4, -0.2) is 8.42 Å². The normalized spacial score (nSPS) is 11.3. The first kappa shape index (κ1) is 11.3. The van der Waals surface area contributed by atoms with E-state index in [1.54, 1.807) is 18.2 Å². The molecule has 76 valence electrons. The van der Waals surface area contributed by atoms with E-state index in [1.807, 2.05) is 6.92 Å². The van der Waals surface area contributed by atoms with Gasteiger partial charge in [0, 0.05) is 10.7 Å². The Balaban J connectivity index is 3.35. The van der Waals surface area contributed by atoms with Crippen molar-refractivity contribution < 1.29 is 8.42 Å². The molecule has 1 rings (SSSR count). The van der Waals surface area contributed by atoms with E-state index in [0.29, 0.717) is 0 Å². The quantitative estimate of drug-likeness (QED) is 0.749. The third-order valence-corrected chi connectivity index (χ3v) is 3.35. The summed E-state index contributed by atoms with van der Waals surface area (Å²) in [6.07, 6.45) is 2.45. The summed E-state index contributed by atoms with van der Waals surface area (Å²) in [5.74, 6) is 0. The Kier molecular flexibility index (Phi) is 3.34. The second-order valence-electron chi connectivity index (χ2n) is 2.86. The first-order valence-corrected chi connectivity index (χ1v) is 6.50. The summed E-state index contributed by atoms with van der Waals surface area (Å²) in [5, 5.41) is 0. The molecule has 0 atom stereocenters. The Morgan fingerprint density at radius 3 is 2.57 bits per heavy atom. The molecule has 1 aromatic carbocycles. The first-order valence-electron chi connectivity index (χ1n) is 4.19. The van der Waals surface area contributed by atoms with Crippen LogP contribution in [0.4, 0.5) is 0 Å². The van der Waals surface area contributed by atoms with Crippen molar-refractivity contribution >= 4 is 25.8 Å². The highest BCUT2D eigenvalue weighted by atomic mass is 35.7. The van der Waals surface area contributed by atoms with E-state index >= 15 is 0 Å². The van der Waals surface area contributed by atoms with Crippen LogP contribution in [0.15, 0.2) is 29.7 Å². The molecule has 0 aliphatic heterocycles. The van der Waals surface area contributed by atoms with Gasteiger partial charge in [0.1, 0.15) is 0 Å². The molecule has 0 aliphatic carbocycles. The van der Waals surface area contributed by atoms with E-state index in [4.69, 9.17) is 10.7 Å². The van der Waals surface area contributed by atoms with Crippen molar-refractivity contribution in [2.24, 2.45) is 0 Å². The predicted molar refractivity (Wildman–Crippen MR) is 58.9 cm³/mol. The molecule has 0 amide bonds. The van der Waals surface area contributed by atoms with Gasteiger partial charge in [0.2, 0.25) is 0 Å². The fourth-order valence-corrected chi connectivity index (χ4v) is 2.04. The first-order chi connectivity index (χ1) is 6.49. The van der Waals surface area contributed by atoms with Crippen molar-refractivity contribution in [3.05, 3.63) is 35.9 Å². The molecule has 0 radical (unpaired) electrons.